The predicted octanol–water partition coefficient (Wildman–Crippen LogP) is 5.11. The first-order valence-corrected chi connectivity index (χ1v) is 20.7. The molecule has 61 heavy (non-hydrogen) atoms. The molecule has 4 aliphatic rings. The minimum atomic E-state index is -2.05. The first kappa shape index (κ1) is 46.9. The second kappa shape index (κ2) is 18.8. The number of aliphatic hydroxyl groups excluding tert-OH is 2. The zero-order valence-corrected chi connectivity index (χ0v) is 36.9. The number of ether oxygens (including phenoxy) is 4. The fraction of sp³-hybridized carbons (Fsp3) is 0.556. The summed E-state index contributed by atoms with van der Waals surface area (Å²) in [6, 6.07) is 0.359. The van der Waals surface area contributed by atoms with Crippen LogP contribution in [-0.2, 0) is 23.8 Å². The lowest BCUT2D eigenvalue weighted by Crippen LogP contribution is -2.46. The van der Waals surface area contributed by atoms with E-state index in [1.807, 2.05) is 19.1 Å². The van der Waals surface area contributed by atoms with Crippen LogP contribution < -0.4 is 10.1 Å². The Labute approximate surface area is 357 Å². The van der Waals surface area contributed by atoms with Gasteiger partial charge in [-0.1, -0.05) is 45.9 Å². The van der Waals surface area contributed by atoms with Crippen LogP contribution in [0.2, 0.25) is 0 Å². The molecule has 9 atom stereocenters. The summed E-state index contributed by atoms with van der Waals surface area (Å²) in [4.78, 5) is 42.8. The van der Waals surface area contributed by atoms with Gasteiger partial charge in [-0.15, -0.1) is 0 Å². The van der Waals surface area contributed by atoms with E-state index in [1.54, 1.807) is 39.8 Å². The number of fused-ring (bicyclic) bond motifs is 14. The molecule has 6 rings (SSSR count). The van der Waals surface area contributed by atoms with Gasteiger partial charge in [0.25, 0.3) is 11.7 Å². The van der Waals surface area contributed by atoms with Crippen LogP contribution in [0, 0.1) is 30.6 Å². The Bertz CT molecular complexity index is 2120. The Morgan fingerprint density at radius 3 is 2.23 bits per heavy atom. The van der Waals surface area contributed by atoms with Gasteiger partial charge in [0.15, 0.2) is 5.75 Å². The summed E-state index contributed by atoms with van der Waals surface area (Å²) < 4.78 is 23.7. The number of rotatable bonds is 5. The van der Waals surface area contributed by atoms with Crippen molar-refractivity contribution in [3.05, 3.63) is 52.8 Å². The maximum Gasteiger partial charge on any atom is 0.312 e. The Hall–Kier alpha value is -5.16. The van der Waals surface area contributed by atoms with E-state index >= 15 is 0 Å². The van der Waals surface area contributed by atoms with E-state index in [2.05, 4.69) is 15.3 Å². The van der Waals surface area contributed by atoms with Gasteiger partial charge in [-0.3, -0.25) is 19.4 Å². The zero-order chi connectivity index (χ0) is 45.2. The second-order valence-electron chi connectivity index (χ2n) is 17.0. The number of phenols is 3. The maximum atomic E-state index is 14.5. The van der Waals surface area contributed by atoms with Crippen molar-refractivity contribution < 1.29 is 58.9 Å². The molecular weight excluding hydrogens is 789 g/mol. The highest BCUT2D eigenvalue weighted by atomic mass is 16.7. The van der Waals surface area contributed by atoms with Gasteiger partial charge >= 0.3 is 11.8 Å². The smallest absolute Gasteiger partial charge is 0.312 e. The fourth-order valence-corrected chi connectivity index (χ4v) is 8.50. The van der Waals surface area contributed by atoms with Crippen LogP contribution in [0.25, 0.3) is 10.8 Å². The molecule has 0 aliphatic carbocycles. The molecule has 0 radical (unpaired) electrons. The number of amides is 1. The molecule has 0 aromatic heterocycles. The first-order chi connectivity index (χ1) is 28.6. The van der Waals surface area contributed by atoms with Crippen molar-refractivity contribution in [1.82, 2.24) is 9.91 Å². The fourth-order valence-electron chi connectivity index (χ4n) is 8.50. The zero-order valence-electron chi connectivity index (χ0n) is 36.9. The molecule has 0 saturated carbocycles. The number of benzene rings is 2. The van der Waals surface area contributed by atoms with Crippen molar-refractivity contribution in [1.29, 1.82) is 0 Å². The molecule has 2 aromatic rings. The third-order valence-electron chi connectivity index (χ3n) is 12.6. The van der Waals surface area contributed by atoms with Gasteiger partial charge < -0.3 is 54.7 Å². The Morgan fingerprint density at radius 2 is 1.62 bits per heavy atom. The molecule has 4 heterocycles. The summed E-state index contributed by atoms with van der Waals surface area (Å²) in [6.45, 7) is 13.7. The molecule has 16 heteroatoms. The lowest BCUT2D eigenvalue weighted by atomic mass is 9.78. The standard InChI is InChI=1S/C45H62N4O12/c1-22-13-12-14-23(2)44(57)47-35-30(21-46-49-18-15-29(16-19-49)48(9)10)39(54)32-33(40(35)55)38(53)27(6)42-34(32)43(56)45(8,61-42)59-20-17-31(58-11)24(3)41(60-28(7)50)26(5)37(52)25(4)36(22)51/h12-14,17,20-22,24-26,29,31,36-37,41,51-55H,15-16,18-19H2,1-11H3,(H,47,57)/b13-12+,20-17+,23-14+,46-21-. The summed E-state index contributed by atoms with van der Waals surface area (Å²) >= 11 is 0. The molecule has 16 nitrogen and oxygen atoms in total. The number of anilines is 1. The number of allylic oxidation sites excluding steroid dienone is 2. The van der Waals surface area contributed by atoms with Gasteiger partial charge in [-0.05, 0) is 46.9 Å². The maximum absolute atomic E-state index is 14.5. The van der Waals surface area contributed by atoms with E-state index in [4.69, 9.17) is 18.9 Å². The SMILES string of the molecule is COC1/C=C/OC2(C)Oc3c(C)c(O)c4c(O)c(c(/C=N\N5CCC(N(C)C)CC5)c(O)c4c3C2=O)NC(=O)/C(C)=C/C=C/C(C)C(O)C(C)C(O)C(C)C(OC(C)=O)C1C. The summed E-state index contributed by atoms with van der Waals surface area (Å²) in [6.07, 6.45) is 6.54. The minimum Gasteiger partial charge on any atom is -0.507 e. The number of aromatic hydroxyl groups is 3. The largest absolute Gasteiger partial charge is 0.507 e. The normalized spacial score (nSPS) is 31.5. The first-order valence-electron chi connectivity index (χ1n) is 20.7. The molecule has 1 saturated heterocycles. The van der Waals surface area contributed by atoms with E-state index < -0.39 is 88.8 Å². The molecule has 0 spiro atoms. The van der Waals surface area contributed by atoms with Gasteiger partial charge in [0.2, 0.25) is 0 Å². The van der Waals surface area contributed by atoms with Crippen LogP contribution in [0.5, 0.6) is 23.0 Å². The van der Waals surface area contributed by atoms with Crippen LogP contribution in [0.4, 0.5) is 5.69 Å². The number of carbonyl (C=O) groups excluding carboxylic acids is 3. The number of hydrogen-bond donors (Lipinski definition) is 6. The summed E-state index contributed by atoms with van der Waals surface area (Å²) in [5.74, 6) is -8.34. The van der Waals surface area contributed by atoms with E-state index in [1.165, 1.54) is 59.4 Å². The molecule has 6 N–H and O–H groups in total. The summed E-state index contributed by atoms with van der Waals surface area (Å²) in [5.41, 5.74) is -0.336. The number of piperidine rings is 1. The third-order valence-corrected chi connectivity index (χ3v) is 12.6. The highest BCUT2D eigenvalue weighted by molar-refractivity contribution is 6.23. The van der Waals surface area contributed by atoms with Crippen LogP contribution >= 0.6 is 0 Å². The van der Waals surface area contributed by atoms with E-state index in [9.17, 15) is 39.9 Å². The number of ketones is 1. The lowest BCUT2D eigenvalue weighted by molar-refractivity contribution is -0.160. The topological polar surface area (TPSA) is 220 Å². The number of esters is 1. The summed E-state index contributed by atoms with van der Waals surface area (Å²) in [5, 5.41) is 67.2. The monoisotopic (exact) mass is 850 g/mol. The van der Waals surface area contributed by atoms with Gasteiger partial charge in [-0.2, -0.15) is 5.10 Å². The van der Waals surface area contributed by atoms with Crippen molar-refractivity contribution in [3.8, 4) is 23.0 Å². The number of hydrazone groups is 1. The van der Waals surface area contributed by atoms with Crippen molar-refractivity contribution in [2.75, 3.05) is 39.6 Å². The third kappa shape index (κ3) is 9.37. The molecule has 1 amide bonds. The molecule has 5 bridgehead atoms. The quantitative estimate of drug-likeness (QED) is 0.0997. The Kier molecular flexibility index (Phi) is 14.5. The number of methoxy groups -OCH3 is 1. The molecule has 1 fully saturated rings. The number of Topliss-reactive ketones (excluding diaryl/α,β-unsaturated/α-hetero) is 1. The number of hydrogen-bond acceptors (Lipinski definition) is 15. The highest BCUT2D eigenvalue weighted by Crippen LogP contribution is 2.55. The Balaban J connectivity index is 1.69. The number of nitrogens with zero attached hydrogens (tertiary/aromatic N) is 3. The number of carbonyl (C=O) groups is 3. The average molecular weight is 851 g/mol. The predicted molar refractivity (Wildman–Crippen MR) is 230 cm³/mol. The molecule has 334 valence electrons. The summed E-state index contributed by atoms with van der Waals surface area (Å²) in [7, 11) is 5.47. The van der Waals surface area contributed by atoms with Crippen molar-refractivity contribution in [2.24, 2.45) is 28.8 Å². The average Bonchev–Trinajstić information content (AvgIpc) is 3.49. The molecule has 9 unspecified atom stereocenters. The van der Waals surface area contributed by atoms with Crippen LogP contribution in [0.15, 0.2) is 41.2 Å². The molecule has 2 aromatic carbocycles. The van der Waals surface area contributed by atoms with Gasteiger partial charge in [-0.25, -0.2) is 0 Å². The van der Waals surface area contributed by atoms with E-state index in [-0.39, 0.29) is 44.5 Å². The lowest BCUT2D eigenvalue weighted by Gasteiger charge is -2.38. The van der Waals surface area contributed by atoms with E-state index in [0.29, 0.717) is 19.1 Å². The molecular formula is C45H62N4O12. The minimum absolute atomic E-state index is 0.0572. The van der Waals surface area contributed by atoms with Crippen LogP contribution in [0.1, 0.15) is 82.8 Å². The Morgan fingerprint density at radius 1 is 0.967 bits per heavy atom. The van der Waals surface area contributed by atoms with Crippen molar-refractivity contribution in [3.63, 3.8) is 0 Å². The van der Waals surface area contributed by atoms with E-state index in [0.717, 1.165) is 12.8 Å². The molecule has 4 aliphatic heterocycles. The number of phenolic OH excluding ortho intramolecular Hbond substituents is 3. The van der Waals surface area contributed by atoms with Gasteiger partial charge in [0, 0.05) is 80.3 Å². The number of nitrogens with one attached hydrogen (secondary N) is 1. The van der Waals surface area contributed by atoms with Crippen LogP contribution in [0.3, 0.4) is 0 Å². The second-order valence-corrected chi connectivity index (χ2v) is 17.0. The number of aliphatic hydroxyl groups is 2. The van der Waals surface area contributed by atoms with Crippen molar-refractivity contribution in [2.45, 2.75) is 104 Å². The highest BCUT2D eigenvalue weighted by Gasteiger charge is 2.50. The van der Waals surface area contributed by atoms with Crippen molar-refractivity contribution >= 4 is 40.3 Å². The van der Waals surface area contributed by atoms with Crippen LogP contribution in [-0.4, -0.2) is 130 Å². The van der Waals surface area contributed by atoms with Gasteiger partial charge in [0.05, 0.1) is 53.0 Å². The van der Waals surface area contributed by atoms with Gasteiger partial charge in [0.1, 0.15) is 23.4 Å².